The number of aliphatic hydroxyl groups excluding tert-OH is 1. The van der Waals surface area contributed by atoms with Crippen LogP contribution in [0, 0.1) is 0 Å². The summed E-state index contributed by atoms with van der Waals surface area (Å²) in [6, 6.07) is 25.8. The Morgan fingerprint density at radius 3 is 2.43 bits per heavy atom. The lowest BCUT2D eigenvalue weighted by atomic mass is 9.79. The highest BCUT2D eigenvalue weighted by Crippen LogP contribution is 2.48. The zero-order valence-electron chi connectivity index (χ0n) is 17.0. The largest absolute Gasteiger partial charge is 0.391 e. The zero-order valence-corrected chi connectivity index (χ0v) is 17.0. The maximum absolute atomic E-state index is 13.2. The monoisotopic (exact) mass is 398 g/mol. The summed E-state index contributed by atoms with van der Waals surface area (Å²) in [6.07, 6.45) is 0.164. The van der Waals surface area contributed by atoms with Crippen molar-refractivity contribution in [2.75, 3.05) is 11.4 Å². The number of amides is 1. The number of carbonyl (C=O) groups is 1. The standard InChI is InChI=1S/C26H26N2O2/c1-17(18-9-4-2-5-10-18)27-25-21-13-8-14-22-24(21)20(15-23(25)29)16-28(22)26(30)19-11-6-3-7-12-19/h2-14,17,20,23,25,27,29H,15-16H2,1H3/t17-,20+,23-,25-/m0/s1. The van der Waals surface area contributed by atoms with Gasteiger partial charge in [-0.15, -0.1) is 0 Å². The fourth-order valence-corrected chi connectivity index (χ4v) is 5.00. The molecule has 0 aromatic heterocycles. The van der Waals surface area contributed by atoms with Crippen LogP contribution in [0.25, 0.3) is 0 Å². The molecule has 0 spiro atoms. The normalized spacial score (nSPS) is 23.1. The first kappa shape index (κ1) is 19.0. The summed E-state index contributed by atoms with van der Waals surface area (Å²) in [6.45, 7) is 2.75. The molecule has 2 aliphatic rings. The number of carbonyl (C=O) groups excluding carboxylic acids is 1. The van der Waals surface area contributed by atoms with E-state index >= 15 is 0 Å². The number of aliphatic hydroxyl groups is 1. The summed E-state index contributed by atoms with van der Waals surface area (Å²) in [5.41, 5.74) is 5.20. The Morgan fingerprint density at radius 2 is 1.70 bits per heavy atom. The van der Waals surface area contributed by atoms with Gasteiger partial charge in [0.05, 0.1) is 12.1 Å². The molecule has 0 fully saturated rings. The molecule has 3 aromatic rings. The highest BCUT2D eigenvalue weighted by Gasteiger charge is 2.42. The van der Waals surface area contributed by atoms with Gasteiger partial charge in [-0.1, -0.05) is 60.7 Å². The van der Waals surface area contributed by atoms with E-state index in [4.69, 9.17) is 0 Å². The highest BCUT2D eigenvalue weighted by atomic mass is 16.3. The predicted octanol–water partition coefficient (Wildman–Crippen LogP) is 4.59. The van der Waals surface area contributed by atoms with E-state index in [0.717, 1.165) is 11.3 Å². The zero-order chi connectivity index (χ0) is 20.7. The van der Waals surface area contributed by atoms with Gasteiger partial charge in [0.15, 0.2) is 0 Å². The van der Waals surface area contributed by atoms with Crippen molar-refractivity contribution in [2.45, 2.75) is 37.5 Å². The molecule has 0 saturated heterocycles. The third-order valence-corrected chi connectivity index (χ3v) is 6.46. The minimum absolute atomic E-state index is 0.0232. The van der Waals surface area contributed by atoms with E-state index in [1.807, 2.05) is 65.6 Å². The highest BCUT2D eigenvalue weighted by molar-refractivity contribution is 6.07. The van der Waals surface area contributed by atoms with Gasteiger partial charge in [-0.25, -0.2) is 0 Å². The molecule has 0 bridgehead atoms. The second-order valence-electron chi connectivity index (χ2n) is 8.34. The van der Waals surface area contributed by atoms with E-state index in [1.54, 1.807) is 0 Å². The Hall–Kier alpha value is -2.95. The molecule has 1 aliphatic carbocycles. The van der Waals surface area contributed by atoms with Crippen LogP contribution in [0.3, 0.4) is 0 Å². The second kappa shape index (κ2) is 7.71. The molecule has 1 heterocycles. The van der Waals surface area contributed by atoms with Gasteiger partial charge >= 0.3 is 0 Å². The summed E-state index contributed by atoms with van der Waals surface area (Å²) < 4.78 is 0. The van der Waals surface area contributed by atoms with Gasteiger partial charge in [-0.2, -0.15) is 0 Å². The maximum Gasteiger partial charge on any atom is 0.258 e. The van der Waals surface area contributed by atoms with Crippen molar-refractivity contribution in [1.29, 1.82) is 0 Å². The number of nitrogens with zero attached hydrogens (tertiary/aromatic N) is 1. The molecule has 0 unspecified atom stereocenters. The van der Waals surface area contributed by atoms with Crippen LogP contribution in [0.2, 0.25) is 0 Å². The number of anilines is 1. The maximum atomic E-state index is 13.2. The number of nitrogens with one attached hydrogen (secondary N) is 1. The minimum atomic E-state index is -0.490. The lowest BCUT2D eigenvalue weighted by Gasteiger charge is -2.35. The fourth-order valence-electron chi connectivity index (χ4n) is 5.00. The predicted molar refractivity (Wildman–Crippen MR) is 119 cm³/mol. The van der Waals surface area contributed by atoms with Crippen LogP contribution in [0.15, 0.2) is 78.9 Å². The van der Waals surface area contributed by atoms with Crippen molar-refractivity contribution in [3.63, 3.8) is 0 Å². The third kappa shape index (κ3) is 3.22. The summed E-state index contributed by atoms with van der Waals surface area (Å²) in [7, 11) is 0. The molecule has 4 atom stereocenters. The average Bonchev–Trinajstić information content (AvgIpc) is 3.16. The van der Waals surface area contributed by atoms with Crippen LogP contribution in [0.4, 0.5) is 5.69 Å². The van der Waals surface area contributed by atoms with Gasteiger partial charge < -0.3 is 15.3 Å². The third-order valence-electron chi connectivity index (χ3n) is 6.46. The Balaban J connectivity index is 1.48. The Kier molecular flexibility index (Phi) is 4.89. The molecular weight excluding hydrogens is 372 g/mol. The number of rotatable bonds is 4. The smallest absolute Gasteiger partial charge is 0.258 e. The molecule has 1 aliphatic heterocycles. The topological polar surface area (TPSA) is 52.6 Å². The van der Waals surface area contributed by atoms with Crippen LogP contribution >= 0.6 is 0 Å². The molecule has 4 heteroatoms. The summed E-state index contributed by atoms with van der Waals surface area (Å²) in [5, 5.41) is 14.7. The molecule has 30 heavy (non-hydrogen) atoms. The lowest BCUT2D eigenvalue weighted by Crippen LogP contribution is -2.38. The minimum Gasteiger partial charge on any atom is -0.391 e. The quantitative estimate of drug-likeness (QED) is 0.676. The molecule has 152 valence electrons. The first-order valence-electron chi connectivity index (χ1n) is 10.6. The van der Waals surface area contributed by atoms with Crippen LogP contribution in [0.5, 0.6) is 0 Å². The molecule has 4 nitrogen and oxygen atoms in total. The van der Waals surface area contributed by atoms with Gasteiger partial charge in [-0.05, 0) is 48.2 Å². The van der Waals surface area contributed by atoms with Gasteiger partial charge in [0.25, 0.3) is 5.91 Å². The molecule has 1 amide bonds. The van der Waals surface area contributed by atoms with Crippen LogP contribution in [0.1, 0.15) is 58.4 Å². The van der Waals surface area contributed by atoms with E-state index < -0.39 is 6.10 Å². The van der Waals surface area contributed by atoms with Crippen molar-refractivity contribution < 1.29 is 9.90 Å². The van der Waals surface area contributed by atoms with Crippen molar-refractivity contribution in [3.05, 3.63) is 101 Å². The summed E-state index contributed by atoms with van der Waals surface area (Å²) in [4.78, 5) is 15.1. The van der Waals surface area contributed by atoms with Gasteiger partial charge in [0.2, 0.25) is 0 Å². The van der Waals surface area contributed by atoms with Gasteiger partial charge in [0.1, 0.15) is 0 Å². The van der Waals surface area contributed by atoms with E-state index in [2.05, 4.69) is 30.4 Å². The average molecular weight is 399 g/mol. The molecular formula is C26H26N2O2. The molecule has 2 N–H and O–H groups in total. The van der Waals surface area contributed by atoms with E-state index in [-0.39, 0.29) is 23.9 Å². The summed E-state index contributed by atoms with van der Waals surface area (Å²) >= 11 is 0. The van der Waals surface area contributed by atoms with Crippen molar-refractivity contribution in [2.24, 2.45) is 0 Å². The van der Waals surface area contributed by atoms with Crippen LogP contribution < -0.4 is 10.2 Å². The van der Waals surface area contributed by atoms with Gasteiger partial charge in [0, 0.05) is 29.8 Å². The van der Waals surface area contributed by atoms with E-state index in [1.165, 1.54) is 11.1 Å². The first-order valence-corrected chi connectivity index (χ1v) is 10.6. The number of benzene rings is 3. The second-order valence-corrected chi connectivity index (χ2v) is 8.34. The summed E-state index contributed by atoms with van der Waals surface area (Å²) in [5.74, 6) is 0.194. The Bertz CT molecular complexity index is 1050. The van der Waals surface area contributed by atoms with Crippen molar-refractivity contribution >= 4 is 11.6 Å². The molecule has 3 aromatic carbocycles. The van der Waals surface area contributed by atoms with E-state index in [9.17, 15) is 9.90 Å². The Labute approximate surface area is 177 Å². The molecule has 5 rings (SSSR count). The molecule has 0 radical (unpaired) electrons. The Morgan fingerprint density at radius 1 is 1.00 bits per heavy atom. The van der Waals surface area contributed by atoms with Crippen LogP contribution in [-0.2, 0) is 0 Å². The van der Waals surface area contributed by atoms with Crippen molar-refractivity contribution in [3.8, 4) is 0 Å². The van der Waals surface area contributed by atoms with Gasteiger partial charge in [-0.3, -0.25) is 4.79 Å². The number of hydrogen-bond donors (Lipinski definition) is 2. The number of hydrogen-bond acceptors (Lipinski definition) is 3. The van der Waals surface area contributed by atoms with Crippen LogP contribution in [-0.4, -0.2) is 23.7 Å². The molecule has 0 saturated carbocycles. The fraction of sp³-hybridized carbons (Fsp3) is 0.269. The first-order chi connectivity index (χ1) is 14.6. The van der Waals surface area contributed by atoms with Crippen molar-refractivity contribution in [1.82, 2.24) is 5.32 Å². The lowest BCUT2D eigenvalue weighted by molar-refractivity contribution is 0.0940. The SMILES string of the molecule is C[C@H](N[C@H]1c2cccc3c2[C@H](C[C@@H]1O)CN3C(=O)c1ccccc1)c1ccccc1. The van der Waals surface area contributed by atoms with E-state index in [0.29, 0.717) is 18.5 Å².